The van der Waals surface area contributed by atoms with Gasteiger partial charge in [0.25, 0.3) is 0 Å². The van der Waals surface area contributed by atoms with Gasteiger partial charge < -0.3 is 0 Å². The van der Waals surface area contributed by atoms with Crippen molar-refractivity contribution >= 4 is 30.4 Å². The number of thiazole rings is 1. The lowest BCUT2D eigenvalue weighted by molar-refractivity contribution is 0.112. The fraction of sp³-hybridized carbons (Fsp3) is 0.200. The third-order valence-electron chi connectivity index (χ3n) is 0.956. The van der Waals surface area contributed by atoms with Crippen molar-refractivity contribution in [3.8, 4) is 0 Å². The van der Waals surface area contributed by atoms with E-state index in [-0.39, 0.29) is 0 Å². The first-order valence-electron chi connectivity index (χ1n) is 2.42. The van der Waals surface area contributed by atoms with Gasteiger partial charge >= 0.3 is 0 Å². The summed E-state index contributed by atoms with van der Waals surface area (Å²) < 4.78 is 0. The van der Waals surface area contributed by atoms with E-state index in [1.54, 1.807) is 6.92 Å². The quantitative estimate of drug-likeness (QED) is 0.404. The van der Waals surface area contributed by atoms with E-state index < -0.39 is 0 Å². The number of aldehydes is 1. The summed E-state index contributed by atoms with van der Waals surface area (Å²) in [6.07, 6.45) is 0.767. The maximum absolute atomic E-state index is 10.2. The van der Waals surface area contributed by atoms with Gasteiger partial charge in [0.2, 0.25) is 0 Å². The maximum atomic E-state index is 10.2. The molecule has 0 saturated carbocycles. The number of carbonyl (C=O) groups excluding carboxylic acids is 1. The van der Waals surface area contributed by atoms with Gasteiger partial charge in [-0.1, -0.05) is 0 Å². The molecule has 0 unspecified atom stereocenters. The van der Waals surface area contributed by atoms with Crippen molar-refractivity contribution in [3.63, 3.8) is 0 Å². The van der Waals surface area contributed by atoms with Crippen LogP contribution in [0, 0.1) is 6.92 Å². The summed E-state index contributed by atoms with van der Waals surface area (Å²) in [5, 5.41) is 0. The predicted octanol–water partition coefficient (Wildman–Crippen LogP) is 0.0578. The van der Waals surface area contributed by atoms with Crippen molar-refractivity contribution in [2.24, 2.45) is 0 Å². The number of hydrogen-bond acceptors (Lipinski definition) is 3. The molecule has 0 spiro atoms. The fourth-order valence-corrected chi connectivity index (χ4v) is 1.19. The molecule has 0 N–H and O–H groups in total. The third kappa shape index (κ3) is 1.19. The van der Waals surface area contributed by atoms with Crippen molar-refractivity contribution in [2.45, 2.75) is 6.92 Å². The number of aromatic nitrogens is 1. The van der Waals surface area contributed by atoms with Crippen LogP contribution in [-0.2, 0) is 0 Å². The topological polar surface area (TPSA) is 30.0 Å². The molecule has 1 rings (SSSR count). The first-order valence-corrected chi connectivity index (χ1v) is 3.24. The molecule has 0 fully saturated rings. The predicted molar refractivity (Wildman–Crippen MR) is 37.6 cm³/mol. The first kappa shape index (κ1) is 6.48. The summed E-state index contributed by atoms with van der Waals surface area (Å²) in [6.45, 7) is 1.76. The highest BCUT2D eigenvalue weighted by molar-refractivity contribution is 7.20. The molecule has 1 heterocycles. The third-order valence-corrected chi connectivity index (χ3v) is 1.87. The first-order chi connectivity index (χ1) is 4.24. The Hall–Kier alpha value is -0.635. The van der Waals surface area contributed by atoms with Crippen LogP contribution in [0.2, 0.25) is 0 Å². The monoisotopic (exact) mass is 137 g/mol. The Morgan fingerprint density at radius 3 is 2.67 bits per heavy atom. The van der Waals surface area contributed by atoms with E-state index in [0.29, 0.717) is 15.5 Å². The van der Waals surface area contributed by atoms with Crippen LogP contribution in [0.25, 0.3) is 0 Å². The minimum Gasteiger partial charge on any atom is -0.297 e. The molecule has 9 heavy (non-hydrogen) atoms. The normalized spacial score (nSPS) is 9.44. The van der Waals surface area contributed by atoms with E-state index >= 15 is 0 Å². The maximum Gasteiger partial charge on any atom is 0.161 e. The smallest absolute Gasteiger partial charge is 0.161 e. The molecule has 0 aliphatic carbocycles. The van der Waals surface area contributed by atoms with Crippen LogP contribution in [0.15, 0.2) is 0 Å². The summed E-state index contributed by atoms with van der Waals surface area (Å²) in [6, 6.07) is 0. The van der Waals surface area contributed by atoms with Crippen LogP contribution in [-0.4, -0.2) is 19.1 Å². The summed E-state index contributed by atoms with van der Waals surface area (Å²) >= 11 is 1.21. The highest BCUT2D eigenvalue weighted by Crippen LogP contribution is 2.04. The zero-order valence-corrected chi connectivity index (χ0v) is 5.73. The van der Waals surface area contributed by atoms with Crippen molar-refractivity contribution < 1.29 is 4.79 Å². The molecular formula is C5H4BNOS. The van der Waals surface area contributed by atoms with Crippen LogP contribution in [0.1, 0.15) is 15.4 Å². The van der Waals surface area contributed by atoms with E-state index in [2.05, 4.69) is 4.98 Å². The van der Waals surface area contributed by atoms with Crippen LogP contribution >= 0.6 is 11.3 Å². The highest BCUT2D eigenvalue weighted by atomic mass is 32.1. The van der Waals surface area contributed by atoms with E-state index in [1.165, 1.54) is 11.3 Å². The molecule has 44 valence electrons. The van der Waals surface area contributed by atoms with Crippen LogP contribution < -0.4 is 4.91 Å². The number of nitrogens with zero attached hydrogens (tertiary/aromatic N) is 1. The number of hydrogen-bond donors (Lipinski definition) is 0. The fourth-order valence-electron chi connectivity index (χ4n) is 0.539. The second-order valence-corrected chi connectivity index (χ2v) is 2.68. The van der Waals surface area contributed by atoms with Gasteiger partial charge in [0.05, 0.1) is 10.6 Å². The summed E-state index contributed by atoms with van der Waals surface area (Å²) in [5.74, 6) is 0. The average Bonchev–Trinajstić information content (AvgIpc) is 2.10. The Labute approximate surface area is 58.3 Å². The standard InChI is InChI=1S/C5H4BNOS/c1-3-4(2-8)9-5(6)7-3/h2H,1H3. The van der Waals surface area contributed by atoms with Gasteiger partial charge in [-0.05, 0) is 6.92 Å². The second-order valence-electron chi connectivity index (χ2n) is 1.62. The van der Waals surface area contributed by atoms with Crippen molar-refractivity contribution in [1.82, 2.24) is 4.98 Å². The molecule has 0 aliphatic rings. The van der Waals surface area contributed by atoms with Crippen LogP contribution in [0.5, 0.6) is 0 Å². The lowest BCUT2D eigenvalue weighted by Crippen LogP contribution is -1.97. The molecule has 1 aromatic rings. The Morgan fingerprint density at radius 1 is 1.78 bits per heavy atom. The highest BCUT2D eigenvalue weighted by Gasteiger charge is 2.00. The molecule has 2 radical (unpaired) electrons. The zero-order valence-electron chi connectivity index (χ0n) is 4.92. The molecule has 0 atom stereocenters. The number of aryl methyl sites for hydroxylation is 1. The van der Waals surface area contributed by atoms with Gasteiger partial charge in [-0.2, -0.15) is 0 Å². The molecule has 0 saturated heterocycles. The van der Waals surface area contributed by atoms with Gasteiger partial charge in [-0.15, -0.1) is 11.3 Å². The van der Waals surface area contributed by atoms with Gasteiger partial charge in [-0.25, -0.2) is 0 Å². The Kier molecular flexibility index (Phi) is 1.66. The molecular weight excluding hydrogens is 133 g/mol. The van der Waals surface area contributed by atoms with E-state index in [0.717, 1.165) is 6.29 Å². The molecule has 0 amide bonds. The van der Waals surface area contributed by atoms with E-state index in [4.69, 9.17) is 7.85 Å². The largest absolute Gasteiger partial charge is 0.297 e. The van der Waals surface area contributed by atoms with Gasteiger partial charge in [0.15, 0.2) is 14.1 Å². The molecule has 2 nitrogen and oxygen atoms in total. The SMILES string of the molecule is [B]c1nc(C)c(C=O)s1. The van der Waals surface area contributed by atoms with Gasteiger partial charge in [-0.3, -0.25) is 9.78 Å². The zero-order chi connectivity index (χ0) is 6.85. The average molecular weight is 137 g/mol. The van der Waals surface area contributed by atoms with Gasteiger partial charge in [0, 0.05) is 4.91 Å². The summed E-state index contributed by atoms with van der Waals surface area (Å²) in [4.78, 5) is 15.1. The molecule has 0 aliphatic heterocycles. The lowest BCUT2D eigenvalue weighted by Gasteiger charge is -1.77. The van der Waals surface area contributed by atoms with Crippen LogP contribution in [0.4, 0.5) is 0 Å². The minimum atomic E-state index is 0.453. The van der Waals surface area contributed by atoms with Crippen molar-refractivity contribution in [1.29, 1.82) is 0 Å². The summed E-state index contributed by atoms with van der Waals surface area (Å²) in [7, 11) is 5.30. The minimum absolute atomic E-state index is 0.453. The number of rotatable bonds is 1. The second kappa shape index (κ2) is 2.31. The Morgan fingerprint density at radius 2 is 2.44 bits per heavy atom. The Balaban J connectivity index is 3.15. The number of carbonyl (C=O) groups is 1. The van der Waals surface area contributed by atoms with Crippen molar-refractivity contribution in [2.75, 3.05) is 0 Å². The van der Waals surface area contributed by atoms with E-state index in [9.17, 15) is 4.79 Å². The van der Waals surface area contributed by atoms with E-state index in [1.807, 2.05) is 0 Å². The summed E-state index contributed by atoms with van der Waals surface area (Å²) in [5.41, 5.74) is 0.715. The van der Waals surface area contributed by atoms with Crippen molar-refractivity contribution in [3.05, 3.63) is 10.6 Å². The molecule has 0 bridgehead atoms. The molecule has 0 aromatic carbocycles. The lowest BCUT2D eigenvalue weighted by atomic mass is 10.2. The molecule has 1 aromatic heterocycles. The van der Waals surface area contributed by atoms with Crippen LogP contribution in [0.3, 0.4) is 0 Å². The molecule has 4 heteroatoms. The van der Waals surface area contributed by atoms with Gasteiger partial charge in [0.1, 0.15) is 0 Å². The Bertz CT molecular complexity index is 233.